The molecule has 0 amide bonds. The van der Waals surface area contributed by atoms with Gasteiger partial charge in [0.25, 0.3) is 0 Å². The highest BCUT2D eigenvalue weighted by Crippen LogP contribution is 2.22. The summed E-state index contributed by atoms with van der Waals surface area (Å²) in [6.07, 6.45) is 1.21. The molecule has 2 aromatic rings. The molecule has 1 atom stereocenters. The number of benzene rings is 2. The normalized spacial score (nSPS) is 11.6. The summed E-state index contributed by atoms with van der Waals surface area (Å²) in [5, 5.41) is 0. The molecule has 0 saturated heterocycles. The number of carbonyl (C=O) groups excluding carboxylic acids is 2. The van der Waals surface area contributed by atoms with E-state index in [1.165, 1.54) is 6.08 Å². The molecular weight excluding hydrogens is 236 g/mol. The lowest BCUT2D eigenvalue weighted by Gasteiger charge is -2.13. The summed E-state index contributed by atoms with van der Waals surface area (Å²) in [6.45, 7) is 3.48. The third-order valence-corrected chi connectivity index (χ3v) is 2.94. The van der Waals surface area contributed by atoms with Gasteiger partial charge in [-0.3, -0.25) is 9.59 Å². The molecule has 0 radical (unpaired) electrons. The van der Waals surface area contributed by atoms with Crippen molar-refractivity contribution in [3.63, 3.8) is 0 Å². The predicted molar refractivity (Wildman–Crippen MR) is 75.2 cm³/mol. The van der Waals surface area contributed by atoms with Crippen molar-refractivity contribution >= 4 is 11.6 Å². The molecule has 0 bridgehead atoms. The zero-order valence-corrected chi connectivity index (χ0v) is 10.5. The van der Waals surface area contributed by atoms with Crippen LogP contribution in [0.15, 0.2) is 73.3 Å². The van der Waals surface area contributed by atoms with E-state index >= 15 is 0 Å². The Morgan fingerprint density at radius 2 is 1.42 bits per heavy atom. The van der Waals surface area contributed by atoms with E-state index in [4.69, 9.17) is 0 Å². The topological polar surface area (TPSA) is 34.1 Å². The highest BCUT2D eigenvalue weighted by atomic mass is 16.1. The molecule has 0 aromatic heterocycles. The van der Waals surface area contributed by atoms with Gasteiger partial charge in [-0.2, -0.15) is 0 Å². The van der Waals surface area contributed by atoms with Gasteiger partial charge in [-0.05, 0) is 11.6 Å². The van der Waals surface area contributed by atoms with Crippen LogP contribution in [0.5, 0.6) is 0 Å². The fraction of sp³-hybridized carbons (Fsp3) is 0.0588. The third-order valence-electron chi connectivity index (χ3n) is 2.94. The van der Waals surface area contributed by atoms with Gasteiger partial charge in [-0.25, -0.2) is 0 Å². The fourth-order valence-electron chi connectivity index (χ4n) is 1.98. The van der Waals surface area contributed by atoms with Crippen LogP contribution in [0.2, 0.25) is 0 Å². The maximum atomic E-state index is 12.5. The number of ketones is 2. The highest BCUT2D eigenvalue weighted by Gasteiger charge is 2.26. The van der Waals surface area contributed by atoms with Gasteiger partial charge in [0.1, 0.15) is 5.92 Å². The smallest absolute Gasteiger partial charge is 0.178 e. The second kappa shape index (κ2) is 5.91. The van der Waals surface area contributed by atoms with Crippen LogP contribution < -0.4 is 0 Å². The van der Waals surface area contributed by atoms with E-state index in [1.807, 2.05) is 24.3 Å². The van der Waals surface area contributed by atoms with Gasteiger partial charge in [-0.15, -0.1) is 0 Å². The zero-order valence-electron chi connectivity index (χ0n) is 10.5. The Hall–Kier alpha value is -2.48. The molecule has 0 N–H and O–H groups in total. The summed E-state index contributed by atoms with van der Waals surface area (Å²) in [6, 6.07) is 17.9. The lowest BCUT2D eigenvalue weighted by Crippen LogP contribution is -2.20. The summed E-state index contributed by atoms with van der Waals surface area (Å²) in [4.78, 5) is 24.5. The molecule has 0 heterocycles. The van der Waals surface area contributed by atoms with E-state index < -0.39 is 5.92 Å². The van der Waals surface area contributed by atoms with E-state index in [9.17, 15) is 9.59 Å². The number of rotatable bonds is 5. The van der Waals surface area contributed by atoms with Crippen LogP contribution in [0, 0.1) is 0 Å². The van der Waals surface area contributed by atoms with Crippen molar-refractivity contribution in [3.8, 4) is 0 Å². The van der Waals surface area contributed by atoms with E-state index in [-0.39, 0.29) is 11.6 Å². The van der Waals surface area contributed by atoms with Gasteiger partial charge in [0, 0.05) is 5.56 Å². The SMILES string of the molecule is C=CC(=O)C(C(=O)c1ccccc1)c1ccccc1. The van der Waals surface area contributed by atoms with Crippen LogP contribution in [-0.4, -0.2) is 11.6 Å². The molecular formula is C17H14O2. The Labute approximate surface area is 112 Å². The Morgan fingerprint density at radius 1 is 0.895 bits per heavy atom. The first-order chi connectivity index (χ1) is 9.24. The molecule has 2 heteroatoms. The molecule has 0 spiro atoms. The van der Waals surface area contributed by atoms with Gasteiger partial charge in [0.05, 0.1) is 0 Å². The van der Waals surface area contributed by atoms with Gasteiger partial charge >= 0.3 is 0 Å². The van der Waals surface area contributed by atoms with Crippen LogP contribution >= 0.6 is 0 Å². The molecule has 0 saturated carbocycles. The predicted octanol–water partition coefficient (Wildman–Crippen LogP) is 3.41. The van der Waals surface area contributed by atoms with Crippen LogP contribution in [0.1, 0.15) is 21.8 Å². The van der Waals surface area contributed by atoms with Crippen molar-refractivity contribution in [2.24, 2.45) is 0 Å². The van der Waals surface area contributed by atoms with E-state index in [0.717, 1.165) is 0 Å². The fourth-order valence-corrected chi connectivity index (χ4v) is 1.98. The van der Waals surface area contributed by atoms with Crippen LogP contribution in [0.25, 0.3) is 0 Å². The quantitative estimate of drug-likeness (QED) is 0.463. The van der Waals surface area contributed by atoms with Crippen LogP contribution in [0.4, 0.5) is 0 Å². The number of hydrogen-bond acceptors (Lipinski definition) is 2. The maximum Gasteiger partial charge on any atom is 0.178 e. The van der Waals surface area contributed by atoms with E-state index in [2.05, 4.69) is 6.58 Å². The Bertz CT molecular complexity index is 585. The minimum atomic E-state index is -0.805. The summed E-state index contributed by atoms with van der Waals surface area (Å²) in [5.41, 5.74) is 1.23. The van der Waals surface area contributed by atoms with Crippen molar-refractivity contribution in [2.75, 3.05) is 0 Å². The first-order valence-corrected chi connectivity index (χ1v) is 6.04. The average molecular weight is 250 g/mol. The molecule has 0 aliphatic rings. The summed E-state index contributed by atoms with van der Waals surface area (Å²) in [5.74, 6) is -1.28. The van der Waals surface area contributed by atoms with Crippen molar-refractivity contribution < 1.29 is 9.59 Å². The number of hydrogen-bond donors (Lipinski definition) is 0. The summed E-state index contributed by atoms with van der Waals surface area (Å²) < 4.78 is 0. The minimum absolute atomic E-state index is 0.197. The van der Waals surface area contributed by atoms with Crippen molar-refractivity contribution in [3.05, 3.63) is 84.4 Å². The number of carbonyl (C=O) groups is 2. The third kappa shape index (κ3) is 2.86. The number of Topliss-reactive ketones (excluding diaryl/α,β-unsaturated/α-hetero) is 1. The Balaban J connectivity index is 2.42. The monoisotopic (exact) mass is 250 g/mol. The zero-order chi connectivity index (χ0) is 13.7. The standard InChI is InChI=1S/C17H14O2/c1-2-15(18)16(13-9-5-3-6-10-13)17(19)14-11-7-4-8-12-14/h2-12,16H,1H2. The van der Waals surface area contributed by atoms with Gasteiger partial charge in [0.15, 0.2) is 11.6 Å². The largest absolute Gasteiger partial charge is 0.294 e. The second-order valence-corrected chi connectivity index (χ2v) is 4.18. The maximum absolute atomic E-state index is 12.5. The van der Waals surface area contributed by atoms with Crippen molar-refractivity contribution in [1.29, 1.82) is 0 Å². The lowest BCUT2D eigenvalue weighted by atomic mass is 9.87. The second-order valence-electron chi connectivity index (χ2n) is 4.18. The molecule has 0 aliphatic heterocycles. The van der Waals surface area contributed by atoms with Crippen molar-refractivity contribution in [1.82, 2.24) is 0 Å². The molecule has 2 nitrogen and oxygen atoms in total. The molecule has 2 aromatic carbocycles. The Morgan fingerprint density at radius 3 is 1.95 bits per heavy atom. The van der Waals surface area contributed by atoms with Gasteiger partial charge in [-0.1, -0.05) is 67.2 Å². The minimum Gasteiger partial charge on any atom is -0.294 e. The molecule has 0 fully saturated rings. The van der Waals surface area contributed by atoms with Gasteiger partial charge < -0.3 is 0 Å². The molecule has 0 aliphatic carbocycles. The summed E-state index contributed by atoms with van der Waals surface area (Å²) >= 11 is 0. The van der Waals surface area contributed by atoms with E-state index in [0.29, 0.717) is 11.1 Å². The summed E-state index contributed by atoms with van der Waals surface area (Å²) in [7, 11) is 0. The Kier molecular flexibility index (Phi) is 4.04. The molecule has 1 unspecified atom stereocenters. The van der Waals surface area contributed by atoms with Crippen LogP contribution in [0.3, 0.4) is 0 Å². The van der Waals surface area contributed by atoms with Crippen LogP contribution in [-0.2, 0) is 4.79 Å². The molecule has 19 heavy (non-hydrogen) atoms. The van der Waals surface area contributed by atoms with Crippen molar-refractivity contribution in [2.45, 2.75) is 5.92 Å². The first kappa shape index (κ1) is 13.0. The lowest BCUT2D eigenvalue weighted by molar-refractivity contribution is -0.115. The highest BCUT2D eigenvalue weighted by molar-refractivity contribution is 6.17. The average Bonchev–Trinajstić information content (AvgIpc) is 2.49. The molecule has 94 valence electrons. The van der Waals surface area contributed by atoms with E-state index in [1.54, 1.807) is 36.4 Å². The molecule has 2 rings (SSSR count). The first-order valence-electron chi connectivity index (χ1n) is 6.04. The van der Waals surface area contributed by atoms with Gasteiger partial charge in [0.2, 0.25) is 0 Å². The number of allylic oxidation sites excluding steroid dienone is 1.